The predicted molar refractivity (Wildman–Crippen MR) is 111 cm³/mol. The van der Waals surface area contributed by atoms with E-state index in [1.807, 2.05) is 0 Å². The van der Waals surface area contributed by atoms with Gasteiger partial charge in [0.1, 0.15) is 22.9 Å². The van der Waals surface area contributed by atoms with Gasteiger partial charge in [0.05, 0.1) is 21.3 Å². The molecule has 1 aromatic heterocycles. The van der Waals surface area contributed by atoms with E-state index in [9.17, 15) is 9.59 Å². The number of nitrogens with one attached hydrogen (secondary N) is 2. The standard InChI is InChI=1S/C20H19N3O5S/c1-26-14-6-4-13(5-7-14)21-19(25)17-11-29-20(22-17)23-18(24)12-8-15(27-2)10-16(9-12)28-3/h4-11H,1-3H3,(H,21,25)(H,22,23,24). The van der Waals surface area contributed by atoms with E-state index < -0.39 is 5.91 Å². The number of ether oxygens (including phenoxy) is 3. The van der Waals surface area contributed by atoms with Crippen molar-refractivity contribution in [3.05, 3.63) is 59.1 Å². The van der Waals surface area contributed by atoms with Crippen molar-refractivity contribution in [2.75, 3.05) is 32.0 Å². The van der Waals surface area contributed by atoms with Gasteiger partial charge in [0.25, 0.3) is 11.8 Å². The van der Waals surface area contributed by atoms with E-state index in [1.54, 1.807) is 55.0 Å². The summed E-state index contributed by atoms with van der Waals surface area (Å²) in [5.74, 6) is 0.908. The van der Waals surface area contributed by atoms with Crippen LogP contribution in [0.25, 0.3) is 0 Å². The Kier molecular flexibility index (Phi) is 6.30. The SMILES string of the molecule is COc1ccc(NC(=O)c2csc(NC(=O)c3cc(OC)cc(OC)c3)n2)cc1. The van der Waals surface area contributed by atoms with Gasteiger partial charge in [0.15, 0.2) is 5.13 Å². The fourth-order valence-electron chi connectivity index (χ4n) is 2.41. The second-order valence-corrected chi connectivity index (χ2v) is 6.63. The molecule has 0 spiro atoms. The van der Waals surface area contributed by atoms with Crippen LogP contribution in [0.4, 0.5) is 10.8 Å². The van der Waals surface area contributed by atoms with E-state index in [4.69, 9.17) is 14.2 Å². The zero-order chi connectivity index (χ0) is 20.8. The van der Waals surface area contributed by atoms with Crippen molar-refractivity contribution in [1.82, 2.24) is 4.98 Å². The van der Waals surface area contributed by atoms with Crippen molar-refractivity contribution >= 4 is 34.0 Å². The Morgan fingerprint density at radius 3 is 2.03 bits per heavy atom. The first-order valence-corrected chi connectivity index (χ1v) is 9.35. The number of nitrogens with zero attached hydrogens (tertiary/aromatic N) is 1. The molecule has 0 aliphatic heterocycles. The minimum absolute atomic E-state index is 0.198. The molecule has 0 unspecified atom stereocenters. The molecular formula is C20H19N3O5S. The minimum Gasteiger partial charge on any atom is -0.497 e. The molecule has 29 heavy (non-hydrogen) atoms. The Balaban J connectivity index is 1.67. The van der Waals surface area contributed by atoms with Gasteiger partial charge < -0.3 is 19.5 Å². The molecule has 2 aromatic carbocycles. The first-order chi connectivity index (χ1) is 14.0. The average molecular weight is 413 g/mol. The van der Waals surface area contributed by atoms with Crippen LogP contribution in [0.5, 0.6) is 17.2 Å². The number of carbonyl (C=O) groups excluding carboxylic acids is 2. The highest BCUT2D eigenvalue weighted by atomic mass is 32.1. The number of thiazole rings is 1. The van der Waals surface area contributed by atoms with Gasteiger partial charge in [-0.1, -0.05) is 0 Å². The zero-order valence-corrected chi connectivity index (χ0v) is 16.8. The molecular weight excluding hydrogens is 394 g/mol. The zero-order valence-electron chi connectivity index (χ0n) is 16.0. The van der Waals surface area contributed by atoms with Gasteiger partial charge in [-0.3, -0.25) is 14.9 Å². The topological polar surface area (TPSA) is 98.8 Å². The molecule has 1 heterocycles. The van der Waals surface area contributed by atoms with Crippen LogP contribution in [-0.2, 0) is 0 Å². The van der Waals surface area contributed by atoms with Crippen molar-refractivity contribution in [2.45, 2.75) is 0 Å². The lowest BCUT2D eigenvalue weighted by Crippen LogP contribution is -2.14. The van der Waals surface area contributed by atoms with Gasteiger partial charge in [0.2, 0.25) is 0 Å². The smallest absolute Gasteiger partial charge is 0.275 e. The normalized spacial score (nSPS) is 10.2. The summed E-state index contributed by atoms with van der Waals surface area (Å²) in [5.41, 5.74) is 1.16. The molecule has 3 aromatic rings. The maximum absolute atomic E-state index is 12.5. The van der Waals surface area contributed by atoms with Crippen LogP contribution < -0.4 is 24.8 Å². The molecule has 0 saturated carbocycles. The highest BCUT2D eigenvalue weighted by molar-refractivity contribution is 7.14. The van der Waals surface area contributed by atoms with Crippen molar-refractivity contribution in [3.8, 4) is 17.2 Å². The monoisotopic (exact) mass is 413 g/mol. The summed E-state index contributed by atoms with van der Waals surface area (Å²) in [6.45, 7) is 0. The van der Waals surface area contributed by atoms with Crippen LogP contribution in [0.15, 0.2) is 47.8 Å². The number of methoxy groups -OCH3 is 3. The highest BCUT2D eigenvalue weighted by Crippen LogP contribution is 2.24. The summed E-state index contributed by atoms with van der Waals surface area (Å²) in [5, 5.41) is 7.29. The van der Waals surface area contributed by atoms with Gasteiger partial charge in [0, 0.05) is 22.7 Å². The third kappa shape index (κ3) is 5.02. The maximum atomic E-state index is 12.5. The summed E-state index contributed by atoms with van der Waals surface area (Å²) in [4.78, 5) is 29.1. The van der Waals surface area contributed by atoms with Crippen molar-refractivity contribution in [2.24, 2.45) is 0 Å². The fourth-order valence-corrected chi connectivity index (χ4v) is 3.10. The average Bonchev–Trinajstić information content (AvgIpc) is 3.22. The summed E-state index contributed by atoms with van der Waals surface area (Å²) >= 11 is 1.15. The van der Waals surface area contributed by atoms with E-state index in [0.717, 1.165) is 11.3 Å². The molecule has 9 heteroatoms. The van der Waals surface area contributed by atoms with E-state index in [2.05, 4.69) is 15.6 Å². The van der Waals surface area contributed by atoms with Gasteiger partial charge in [-0.05, 0) is 36.4 Å². The molecule has 0 atom stereocenters. The molecule has 0 aliphatic rings. The van der Waals surface area contributed by atoms with Gasteiger partial charge in [-0.15, -0.1) is 11.3 Å². The van der Waals surface area contributed by atoms with Gasteiger partial charge in [-0.2, -0.15) is 0 Å². The van der Waals surface area contributed by atoms with E-state index in [-0.39, 0.29) is 11.6 Å². The van der Waals surface area contributed by atoms with Crippen LogP contribution in [0.3, 0.4) is 0 Å². The molecule has 8 nitrogen and oxygen atoms in total. The highest BCUT2D eigenvalue weighted by Gasteiger charge is 2.15. The van der Waals surface area contributed by atoms with Crippen molar-refractivity contribution in [3.63, 3.8) is 0 Å². The van der Waals surface area contributed by atoms with E-state index in [0.29, 0.717) is 33.6 Å². The third-order valence-electron chi connectivity index (χ3n) is 3.92. The molecule has 2 N–H and O–H groups in total. The Labute approximate surface area is 171 Å². The van der Waals surface area contributed by atoms with Crippen LogP contribution in [0.2, 0.25) is 0 Å². The predicted octanol–water partition coefficient (Wildman–Crippen LogP) is 3.67. The summed E-state index contributed by atoms with van der Waals surface area (Å²) in [6, 6.07) is 11.8. The van der Waals surface area contributed by atoms with Gasteiger partial charge >= 0.3 is 0 Å². The first-order valence-electron chi connectivity index (χ1n) is 8.47. The fraction of sp³-hybridized carbons (Fsp3) is 0.150. The molecule has 0 fully saturated rings. The quantitative estimate of drug-likeness (QED) is 0.613. The number of hydrogen-bond donors (Lipinski definition) is 2. The van der Waals surface area contributed by atoms with E-state index >= 15 is 0 Å². The third-order valence-corrected chi connectivity index (χ3v) is 4.68. The lowest BCUT2D eigenvalue weighted by molar-refractivity contribution is 0.101. The number of rotatable bonds is 7. The second-order valence-electron chi connectivity index (χ2n) is 5.78. The van der Waals surface area contributed by atoms with Crippen LogP contribution >= 0.6 is 11.3 Å². The molecule has 0 saturated heterocycles. The van der Waals surface area contributed by atoms with Crippen molar-refractivity contribution < 1.29 is 23.8 Å². The summed E-state index contributed by atoms with van der Waals surface area (Å²) in [6.07, 6.45) is 0. The van der Waals surface area contributed by atoms with Crippen LogP contribution in [-0.4, -0.2) is 38.1 Å². The number of benzene rings is 2. The Morgan fingerprint density at radius 2 is 1.45 bits per heavy atom. The van der Waals surface area contributed by atoms with Crippen LogP contribution in [0.1, 0.15) is 20.8 Å². The maximum Gasteiger partial charge on any atom is 0.275 e. The number of anilines is 2. The van der Waals surface area contributed by atoms with Crippen molar-refractivity contribution in [1.29, 1.82) is 0 Å². The molecule has 0 aliphatic carbocycles. The molecule has 0 radical (unpaired) electrons. The summed E-state index contributed by atoms with van der Waals surface area (Å²) in [7, 11) is 4.58. The molecule has 3 rings (SSSR count). The molecule has 2 amide bonds. The van der Waals surface area contributed by atoms with Gasteiger partial charge in [-0.25, -0.2) is 4.98 Å². The van der Waals surface area contributed by atoms with E-state index in [1.165, 1.54) is 14.2 Å². The minimum atomic E-state index is -0.390. The lowest BCUT2D eigenvalue weighted by Gasteiger charge is -2.08. The first kappa shape index (κ1) is 20.2. The number of aromatic nitrogens is 1. The second kappa shape index (κ2) is 9.07. The molecule has 0 bridgehead atoms. The Hall–Kier alpha value is -3.59. The number of amides is 2. The molecule has 150 valence electrons. The Morgan fingerprint density at radius 1 is 0.828 bits per heavy atom. The number of hydrogen-bond acceptors (Lipinski definition) is 7. The largest absolute Gasteiger partial charge is 0.497 e. The van der Waals surface area contributed by atoms with Crippen LogP contribution in [0, 0.1) is 0 Å². The lowest BCUT2D eigenvalue weighted by atomic mass is 10.2. The summed E-state index contributed by atoms with van der Waals surface area (Å²) < 4.78 is 15.4. The number of carbonyl (C=O) groups is 2. The Bertz CT molecular complexity index is 995.